The van der Waals surface area contributed by atoms with Crippen LogP contribution in [-0.4, -0.2) is 30.7 Å². The fraction of sp³-hybridized carbons (Fsp3) is 0.333. The molecule has 5 nitrogen and oxygen atoms in total. The summed E-state index contributed by atoms with van der Waals surface area (Å²) in [5.41, 5.74) is 0.544. The molecule has 0 saturated heterocycles. The summed E-state index contributed by atoms with van der Waals surface area (Å²) in [5.74, 6) is -0.456. The van der Waals surface area contributed by atoms with Crippen LogP contribution in [0.1, 0.15) is 6.92 Å². The molecule has 5 heteroatoms. The largest absolute Gasteiger partial charge is 0.376 e. The molecule has 0 atom stereocenters. The Balaban J connectivity index is 0. The van der Waals surface area contributed by atoms with Crippen LogP contribution in [0, 0.1) is 0 Å². The van der Waals surface area contributed by atoms with Gasteiger partial charge in [0.15, 0.2) is 0 Å². The number of rotatable bonds is 3. The molecular formula is C9H16N2O3. The van der Waals surface area contributed by atoms with Crippen molar-refractivity contribution in [3.63, 3.8) is 0 Å². The fourth-order valence-corrected chi connectivity index (χ4v) is 0.363. The van der Waals surface area contributed by atoms with E-state index in [0.29, 0.717) is 5.57 Å². The first kappa shape index (κ1) is 14.9. The van der Waals surface area contributed by atoms with E-state index in [2.05, 4.69) is 23.8 Å². The number of hydrogen-bond acceptors (Lipinski definition) is 3. The molecule has 3 N–H and O–H groups in total. The molecule has 2 amide bonds. The molecule has 80 valence electrons. The van der Waals surface area contributed by atoms with Crippen molar-refractivity contribution in [1.29, 1.82) is 0 Å². The molecule has 0 bridgehead atoms. The lowest BCUT2D eigenvalue weighted by atomic mass is 10.3. The maximum absolute atomic E-state index is 10.3. The third-order valence-corrected chi connectivity index (χ3v) is 1.05. The van der Waals surface area contributed by atoms with Gasteiger partial charge in [0, 0.05) is 12.6 Å². The standard InChI is InChI=1S/C5H9NO.C4H7NO2/c1-4(2)5(7)6-3;1-2-4(7)5-3-6/h1H2,2-3H3,(H,6,7);2,6H,1,3H2,(H,5,7). The first-order valence-corrected chi connectivity index (χ1v) is 3.88. The number of nitrogens with one attached hydrogen (secondary N) is 2. The Kier molecular flexibility index (Phi) is 10.1. The molecule has 0 aliphatic carbocycles. The molecule has 0 aromatic rings. The molecule has 0 unspecified atom stereocenters. The van der Waals surface area contributed by atoms with E-state index in [1.54, 1.807) is 14.0 Å². The van der Waals surface area contributed by atoms with Gasteiger partial charge < -0.3 is 15.7 Å². The van der Waals surface area contributed by atoms with E-state index in [1.807, 2.05) is 0 Å². The molecule has 0 aliphatic heterocycles. The summed E-state index contributed by atoms with van der Waals surface area (Å²) in [4.78, 5) is 20.3. The summed E-state index contributed by atoms with van der Waals surface area (Å²) in [7, 11) is 1.58. The molecule has 0 aromatic carbocycles. The van der Waals surface area contributed by atoms with Gasteiger partial charge in [-0.3, -0.25) is 9.59 Å². The zero-order valence-electron chi connectivity index (χ0n) is 8.46. The van der Waals surface area contributed by atoms with E-state index in [4.69, 9.17) is 5.11 Å². The van der Waals surface area contributed by atoms with Crippen molar-refractivity contribution in [1.82, 2.24) is 10.6 Å². The van der Waals surface area contributed by atoms with Crippen LogP contribution in [0.3, 0.4) is 0 Å². The van der Waals surface area contributed by atoms with Crippen molar-refractivity contribution >= 4 is 11.8 Å². The Morgan fingerprint density at radius 3 is 2.07 bits per heavy atom. The van der Waals surface area contributed by atoms with Crippen molar-refractivity contribution in [3.05, 3.63) is 24.8 Å². The van der Waals surface area contributed by atoms with Crippen LogP contribution in [0.25, 0.3) is 0 Å². The molecule has 14 heavy (non-hydrogen) atoms. The lowest BCUT2D eigenvalue weighted by molar-refractivity contribution is -0.118. The average molecular weight is 200 g/mol. The maximum Gasteiger partial charge on any atom is 0.246 e. The fourth-order valence-electron chi connectivity index (χ4n) is 0.363. The Morgan fingerprint density at radius 2 is 2.00 bits per heavy atom. The van der Waals surface area contributed by atoms with Crippen LogP contribution in [0.2, 0.25) is 0 Å². The highest BCUT2D eigenvalue weighted by molar-refractivity contribution is 5.91. The predicted octanol–water partition coefficient (Wildman–Crippen LogP) is -0.453. The SMILES string of the molecule is C=C(C)C(=O)NC.C=CC(=O)NCO. The van der Waals surface area contributed by atoms with Crippen molar-refractivity contribution in [2.75, 3.05) is 13.8 Å². The van der Waals surface area contributed by atoms with Gasteiger partial charge in [-0.25, -0.2) is 0 Å². The number of amides is 2. The first-order valence-electron chi connectivity index (χ1n) is 3.88. The average Bonchev–Trinajstić information content (AvgIpc) is 2.17. The smallest absolute Gasteiger partial charge is 0.246 e. The number of aliphatic hydroxyl groups excluding tert-OH is 1. The van der Waals surface area contributed by atoms with E-state index in [1.165, 1.54) is 0 Å². The summed E-state index contributed by atoms with van der Waals surface area (Å²) in [6.07, 6.45) is 1.09. The Hall–Kier alpha value is -1.62. The number of likely N-dealkylation sites (N-methyl/N-ethyl adjacent to an activating group) is 1. The van der Waals surface area contributed by atoms with E-state index in [-0.39, 0.29) is 18.5 Å². The minimum Gasteiger partial charge on any atom is -0.376 e. The quantitative estimate of drug-likeness (QED) is 0.426. The van der Waals surface area contributed by atoms with E-state index >= 15 is 0 Å². The third kappa shape index (κ3) is 10.4. The molecule has 0 fully saturated rings. The lowest BCUT2D eigenvalue weighted by Crippen LogP contribution is -2.20. The minimum absolute atomic E-state index is 0.0972. The minimum atomic E-state index is -0.359. The summed E-state index contributed by atoms with van der Waals surface area (Å²) >= 11 is 0. The number of hydrogen-bond donors (Lipinski definition) is 3. The molecule has 0 rings (SSSR count). The van der Waals surface area contributed by atoms with Gasteiger partial charge in [-0.1, -0.05) is 13.2 Å². The van der Waals surface area contributed by atoms with Crippen molar-refractivity contribution in [2.45, 2.75) is 6.92 Å². The second-order valence-electron chi connectivity index (χ2n) is 2.26. The topological polar surface area (TPSA) is 78.4 Å². The van der Waals surface area contributed by atoms with Crippen LogP contribution in [0.5, 0.6) is 0 Å². The highest BCUT2D eigenvalue weighted by atomic mass is 16.3. The Morgan fingerprint density at radius 1 is 1.50 bits per heavy atom. The first-order chi connectivity index (χ1) is 6.49. The monoisotopic (exact) mass is 200 g/mol. The zero-order chi connectivity index (χ0) is 11.6. The molecule has 0 aromatic heterocycles. The maximum atomic E-state index is 10.3. The van der Waals surface area contributed by atoms with Crippen LogP contribution in [-0.2, 0) is 9.59 Å². The molecular weight excluding hydrogens is 184 g/mol. The summed E-state index contributed by atoms with van der Waals surface area (Å²) in [6.45, 7) is 7.91. The predicted molar refractivity (Wildman–Crippen MR) is 54.3 cm³/mol. The van der Waals surface area contributed by atoms with Gasteiger partial charge in [-0.05, 0) is 13.0 Å². The van der Waals surface area contributed by atoms with Crippen molar-refractivity contribution in [3.8, 4) is 0 Å². The van der Waals surface area contributed by atoms with Gasteiger partial charge >= 0.3 is 0 Å². The molecule has 0 heterocycles. The van der Waals surface area contributed by atoms with E-state index in [0.717, 1.165) is 6.08 Å². The van der Waals surface area contributed by atoms with E-state index < -0.39 is 0 Å². The summed E-state index contributed by atoms with van der Waals surface area (Å²) < 4.78 is 0. The molecule has 0 saturated carbocycles. The van der Waals surface area contributed by atoms with Crippen molar-refractivity contribution < 1.29 is 14.7 Å². The molecule has 0 aliphatic rings. The van der Waals surface area contributed by atoms with E-state index in [9.17, 15) is 9.59 Å². The normalized spacial score (nSPS) is 7.64. The van der Waals surface area contributed by atoms with Crippen LogP contribution >= 0.6 is 0 Å². The summed E-state index contributed by atoms with van der Waals surface area (Å²) in [6, 6.07) is 0. The van der Waals surface area contributed by atoms with Crippen LogP contribution in [0.4, 0.5) is 0 Å². The van der Waals surface area contributed by atoms with Crippen molar-refractivity contribution in [2.24, 2.45) is 0 Å². The van der Waals surface area contributed by atoms with Crippen LogP contribution in [0.15, 0.2) is 24.8 Å². The van der Waals surface area contributed by atoms with Crippen LogP contribution < -0.4 is 10.6 Å². The van der Waals surface area contributed by atoms with Gasteiger partial charge in [0.05, 0.1) is 0 Å². The highest BCUT2D eigenvalue weighted by Crippen LogP contribution is 1.81. The van der Waals surface area contributed by atoms with Gasteiger partial charge in [0.1, 0.15) is 6.73 Å². The third-order valence-electron chi connectivity index (χ3n) is 1.05. The number of carbonyl (C=O) groups excluding carboxylic acids is 2. The molecule has 0 radical (unpaired) electrons. The van der Waals surface area contributed by atoms with Gasteiger partial charge in [0.2, 0.25) is 11.8 Å². The summed E-state index contributed by atoms with van der Waals surface area (Å²) in [5, 5.41) is 12.5. The second-order valence-corrected chi connectivity index (χ2v) is 2.26. The number of carbonyl (C=O) groups is 2. The molecule has 0 spiro atoms. The lowest BCUT2D eigenvalue weighted by Gasteiger charge is -1.91. The van der Waals surface area contributed by atoms with Gasteiger partial charge in [-0.2, -0.15) is 0 Å². The van der Waals surface area contributed by atoms with Gasteiger partial charge in [0.25, 0.3) is 0 Å². The second kappa shape index (κ2) is 9.47. The number of aliphatic hydroxyl groups is 1. The Labute approximate surface area is 83.5 Å². The van der Waals surface area contributed by atoms with Gasteiger partial charge in [-0.15, -0.1) is 0 Å². The highest BCUT2D eigenvalue weighted by Gasteiger charge is 1.92. The zero-order valence-corrected chi connectivity index (χ0v) is 8.46. The Bertz CT molecular complexity index is 222.